The lowest BCUT2D eigenvalue weighted by atomic mass is 10.0. The molecule has 2 aromatic carbocycles. The van der Waals surface area contributed by atoms with Gasteiger partial charge >= 0.3 is 0 Å². The molecule has 1 atom stereocenters. The van der Waals surface area contributed by atoms with Crippen molar-refractivity contribution in [3.05, 3.63) is 59.7 Å². The second-order valence-electron chi connectivity index (χ2n) is 4.98. The van der Waals surface area contributed by atoms with Gasteiger partial charge in [0.05, 0.1) is 0 Å². The van der Waals surface area contributed by atoms with Gasteiger partial charge in [0.25, 0.3) is 0 Å². The lowest BCUT2D eigenvalue weighted by Gasteiger charge is -2.14. The van der Waals surface area contributed by atoms with Crippen molar-refractivity contribution in [2.75, 3.05) is 11.1 Å². The highest BCUT2D eigenvalue weighted by molar-refractivity contribution is 7.99. The van der Waals surface area contributed by atoms with Crippen molar-refractivity contribution in [1.29, 1.82) is 0 Å². The van der Waals surface area contributed by atoms with Gasteiger partial charge in [0.15, 0.2) is 0 Å². The van der Waals surface area contributed by atoms with Crippen LogP contribution in [0.5, 0.6) is 0 Å². The first-order chi connectivity index (χ1) is 10.1. The van der Waals surface area contributed by atoms with Crippen LogP contribution in [0.4, 0.5) is 5.69 Å². The second kappa shape index (κ2) is 7.29. The van der Waals surface area contributed by atoms with E-state index < -0.39 is 0 Å². The number of benzene rings is 2. The van der Waals surface area contributed by atoms with Gasteiger partial charge in [-0.3, -0.25) is 4.79 Å². The molecule has 0 aromatic heterocycles. The van der Waals surface area contributed by atoms with Gasteiger partial charge < -0.3 is 11.1 Å². The third-order valence-corrected chi connectivity index (χ3v) is 4.32. The summed E-state index contributed by atoms with van der Waals surface area (Å²) in [6.45, 7) is 3.59. The summed E-state index contributed by atoms with van der Waals surface area (Å²) in [5.41, 5.74) is 9.50. The zero-order valence-corrected chi connectivity index (χ0v) is 13.1. The molecular weight excluding hydrogens is 280 g/mol. The molecule has 0 bridgehead atoms. The lowest BCUT2D eigenvalue weighted by molar-refractivity contribution is -0.114. The van der Waals surface area contributed by atoms with Crippen molar-refractivity contribution < 1.29 is 4.79 Å². The summed E-state index contributed by atoms with van der Waals surface area (Å²) in [5, 5.41) is 2.76. The summed E-state index contributed by atoms with van der Waals surface area (Å²) >= 11 is 1.72. The average molecular weight is 300 g/mol. The lowest BCUT2D eigenvalue weighted by Crippen LogP contribution is -2.14. The van der Waals surface area contributed by atoms with Crippen LogP contribution in [-0.2, 0) is 4.79 Å². The first-order valence-electron chi connectivity index (χ1n) is 6.88. The molecule has 0 spiro atoms. The number of anilines is 1. The third kappa shape index (κ3) is 4.62. The SMILES string of the molecule is CC(=O)Nc1ccc(SCC(N)c2ccccc2C)cc1. The Morgan fingerprint density at radius 2 is 1.86 bits per heavy atom. The molecule has 21 heavy (non-hydrogen) atoms. The fourth-order valence-corrected chi connectivity index (χ4v) is 3.00. The van der Waals surface area contributed by atoms with Gasteiger partial charge in [-0.25, -0.2) is 0 Å². The van der Waals surface area contributed by atoms with Crippen LogP contribution >= 0.6 is 11.8 Å². The number of carbonyl (C=O) groups excluding carboxylic acids is 1. The molecule has 4 heteroatoms. The van der Waals surface area contributed by atoms with E-state index in [1.54, 1.807) is 11.8 Å². The van der Waals surface area contributed by atoms with Crippen molar-refractivity contribution in [2.24, 2.45) is 5.73 Å². The first-order valence-corrected chi connectivity index (χ1v) is 7.86. The zero-order chi connectivity index (χ0) is 15.2. The molecule has 3 nitrogen and oxygen atoms in total. The van der Waals surface area contributed by atoms with E-state index in [1.807, 2.05) is 36.4 Å². The predicted octanol–water partition coefficient (Wildman–Crippen LogP) is 3.75. The molecule has 1 unspecified atom stereocenters. The van der Waals surface area contributed by atoms with Gasteiger partial charge in [-0.2, -0.15) is 0 Å². The molecule has 0 fully saturated rings. The molecule has 0 saturated carbocycles. The van der Waals surface area contributed by atoms with Crippen LogP contribution < -0.4 is 11.1 Å². The quantitative estimate of drug-likeness (QED) is 0.827. The fourth-order valence-electron chi connectivity index (χ4n) is 2.12. The van der Waals surface area contributed by atoms with Crippen LogP contribution in [0, 0.1) is 6.92 Å². The van der Waals surface area contributed by atoms with Crippen LogP contribution in [0.2, 0.25) is 0 Å². The monoisotopic (exact) mass is 300 g/mol. The molecule has 2 rings (SSSR count). The van der Waals surface area contributed by atoms with Crippen molar-refractivity contribution in [3.8, 4) is 0 Å². The minimum absolute atomic E-state index is 0.0196. The predicted molar refractivity (Wildman–Crippen MR) is 89.6 cm³/mol. The molecule has 0 radical (unpaired) electrons. The van der Waals surface area contributed by atoms with E-state index in [1.165, 1.54) is 18.1 Å². The number of carbonyl (C=O) groups is 1. The van der Waals surface area contributed by atoms with Crippen LogP contribution in [0.15, 0.2) is 53.4 Å². The maximum Gasteiger partial charge on any atom is 0.221 e. The number of amides is 1. The maximum atomic E-state index is 11.0. The normalized spacial score (nSPS) is 12.0. The Bertz CT molecular complexity index is 610. The summed E-state index contributed by atoms with van der Waals surface area (Å²) in [6.07, 6.45) is 0. The van der Waals surface area contributed by atoms with Gasteiger partial charge in [-0.05, 0) is 42.3 Å². The van der Waals surface area contributed by atoms with Crippen LogP contribution in [0.3, 0.4) is 0 Å². The van der Waals surface area contributed by atoms with Crippen molar-refractivity contribution in [2.45, 2.75) is 24.8 Å². The van der Waals surface area contributed by atoms with Crippen LogP contribution in [0.1, 0.15) is 24.1 Å². The maximum absolute atomic E-state index is 11.0. The van der Waals surface area contributed by atoms with Gasteiger partial charge in [0.1, 0.15) is 0 Å². The molecule has 0 aliphatic heterocycles. The van der Waals surface area contributed by atoms with E-state index in [2.05, 4.69) is 24.4 Å². The zero-order valence-electron chi connectivity index (χ0n) is 12.3. The average Bonchev–Trinajstić information content (AvgIpc) is 2.46. The van der Waals surface area contributed by atoms with Crippen LogP contribution in [0.25, 0.3) is 0 Å². The smallest absolute Gasteiger partial charge is 0.221 e. The van der Waals surface area contributed by atoms with Crippen molar-refractivity contribution in [1.82, 2.24) is 0 Å². The van der Waals surface area contributed by atoms with E-state index >= 15 is 0 Å². The fraction of sp³-hybridized carbons (Fsp3) is 0.235. The largest absolute Gasteiger partial charge is 0.326 e. The van der Waals surface area contributed by atoms with Crippen molar-refractivity contribution in [3.63, 3.8) is 0 Å². The Morgan fingerprint density at radius 3 is 2.48 bits per heavy atom. The molecule has 2 aromatic rings. The minimum Gasteiger partial charge on any atom is -0.326 e. The van der Waals surface area contributed by atoms with Gasteiger partial charge in [-0.15, -0.1) is 11.8 Å². The molecule has 3 N–H and O–H groups in total. The number of aryl methyl sites for hydroxylation is 1. The van der Waals surface area contributed by atoms with E-state index in [0.717, 1.165) is 16.3 Å². The topological polar surface area (TPSA) is 55.1 Å². The highest BCUT2D eigenvalue weighted by atomic mass is 32.2. The molecule has 0 aliphatic rings. The summed E-state index contributed by atoms with van der Waals surface area (Å²) in [6, 6.07) is 16.1. The number of thioether (sulfide) groups is 1. The Morgan fingerprint density at radius 1 is 1.19 bits per heavy atom. The Balaban J connectivity index is 1.94. The number of hydrogen-bond donors (Lipinski definition) is 2. The second-order valence-corrected chi connectivity index (χ2v) is 6.07. The first kappa shape index (κ1) is 15.6. The number of nitrogens with two attached hydrogens (primary N) is 1. The van der Waals surface area contributed by atoms with E-state index in [-0.39, 0.29) is 11.9 Å². The van der Waals surface area contributed by atoms with E-state index in [9.17, 15) is 4.79 Å². The number of nitrogens with one attached hydrogen (secondary N) is 1. The summed E-state index contributed by atoms with van der Waals surface area (Å²) in [5.74, 6) is 0.765. The molecule has 0 aliphatic carbocycles. The third-order valence-electron chi connectivity index (χ3n) is 3.19. The Kier molecular flexibility index (Phi) is 5.42. The minimum atomic E-state index is -0.0584. The standard InChI is InChI=1S/C17H20N2OS/c1-12-5-3-4-6-16(12)17(18)11-21-15-9-7-14(8-10-15)19-13(2)20/h3-10,17H,11,18H2,1-2H3,(H,19,20). The highest BCUT2D eigenvalue weighted by Gasteiger charge is 2.09. The van der Waals surface area contributed by atoms with Gasteiger partial charge in [-0.1, -0.05) is 24.3 Å². The molecule has 110 valence electrons. The summed E-state index contributed by atoms with van der Waals surface area (Å²) in [4.78, 5) is 12.1. The highest BCUT2D eigenvalue weighted by Crippen LogP contribution is 2.26. The number of rotatable bonds is 5. The van der Waals surface area contributed by atoms with Gasteiger partial charge in [0.2, 0.25) is 5.91 Å². The molecule has 1 amide bonds. The van der Waals surface area contributed by atoms with Crippen molar-refractivity contribution >= 4 is 23.4 Å². The summed E-state index contributed by atoms with van der Waals surface area (Å²) in [7, 11) is 0. The Hall–Kier alpha value is -1.78. The summed E-state index contributed by atoms with van der Waals surface area (Å²) < 4.78 is 0. The van der Waals surface area contributed by atoms with E-state index in [4.69, 9.17) is 5.73 Å². The number of hydrogen-bond acceptors (Lipinski definition) is 3. The van der Waals surface area contributed by atoms with Crippen LogP contribution in [-0.4, -0.2) is 11.7 Å². The van der Waals surface area contributed by atoms with Gasteiger partial charge in [0, 0.05) is 29.3 Å². The van der Waals surface area contributed by atoms with E-state index in [0.29, 0.717) is 0 Å². The molecular formula is C17H20N2OS. The molecule has 0 saturated heterocycles. The Labute approximate surface area is 129 Å². The molecule has 0 heterocycles.